The highest BCUT2D eigenvalue weighted by atomic mass is 19.1. The molecule has 0 amide bonds. The van der Waals surface area contributed by atoms with E-state index in [1.165, 1.54) is 6.07 Å². The minimum atomic E-state index is -0.132. The number of halogens is 1. The van der Waals surface area contributed by atoms with Crippen molar-refractivity contribution in [2.24, 2.45) is 0 Å². The van der Waals surface area contributed by atoms with Gasteiger partial charge in [0.25, 0.3) is 0 Å². The van der Waals surface area contributed by atoms with Gasteiger partial charge in [0.2, 0.25) is 0 Å². The monoisotopic (exact) mass is 164 g/mol. The summed E-state index contributed by atoms with van der Waals surface area (Å²) in [6.07, 6.45) is 4.54. The zero-order valence-electron chi connectivity index (χ0n) is 7.47. The molecule has 0 nitrogen and oxygen atoms in total. The highest BCUT2D eigenvalue weighted by Gasteiger charge is 2.01. The minimum absolute atomic E-state index is 0.132. The van der Waals surface area contributed by atoms with E-state index >= 15 is 0 Å². The molecular formula is C11H13F. The van der Waals surface area contributed by atoms with Crippen LogP contribution in [0.15, 0.2) is 24.3 Å². The lowest BCUT2D eigenvalue weighted by Gasteiger charge is -2.03. The van der Waals surface area contributed by atoms with Crippen molar-refractivity contribution in [3.05, 3.63) is 41.2 Å². The van der Waals surface area contributed by atoms with Crippen LogP contribution in [-0.2, 0) is 6.42 Å². The molecule has 1 aromatic rings. The van der Waals surface area contributed by atoms with Crippen LogP contribution in [0.2, 0.25) is 0 Å². The van der Waals surface area contributed by atoms with Gasteiger partial charge in [0.15, 0.2) is 0 Å². The molecule has 1 aromatic carbocycles. The molecule has 1 rings (SSSR count). The summed E-state index contributed by atoms with van der Waals surface area (Å²) >= 11 is 0. The Morgan fingerprint density at radius 1 is 1.42 bits per heavy atom. The van der Waals surface area contributed by atoms with Crippen molar-refractivity contribution in [1.82, 2.24) is 0 Å². The Morgan fingerprint density at radius 2 is 2.17 bits per heavy atom. The molecule has 0 aliphatic carbocycles. The molecule has 0 aliphatic rings. The third-order valence-corrected chi connectivity index (χ3v) is 1.86. The molecule has 0 N–H and O–H groups in total. The largest absolute Gasteiger partial charge is 0.206 e. The van der Waals surface area contributed by atoms with E-state index in [1.54, 1.807) is 6.07 Å². The van der Waals surface area contributed by atoms with Gasteiger partial charge < -0.3 is 0 Å². The fourth-order valence-corrected chi connectivity index (χ4v) is 1.24. The van der Waals surface area contributed by atoms with Crippen molar-refractivity contribution in [2.75, 3.05) is 0 Å². The topological polar surface area (TPSA) is 0 Å². The molecule has 0 unspecified atom stereocenters. The first-order valence-electron chi connectivity index (χ1n) is 4.19. The van der Waals surface area contributed by atoms with Crippen LogP contribution in [0.5, 0.6) is 0 Å². The van der Waals surface area contributed by atoms with E-state index in [1.807, 2.05) is 32.1 Å². The van der Waals surface area contributed by atoms with Crippen molar-refractivity contribution in [3.8, 4) is 0 Å². The van der Waals surface area contributed by atoms with Crippen molar-refractivity contribution >= 4 is 6.08 Å². The van der Waals surface area contributed by atoms with Crippen molar-refractivity contribution in [1.29, 1.82) is 0 Å². The molecule has 0 saturated heterocycles. The van der Waals surface area contributed by atoms with Gasteiger partial charge in [-0.05, 0) is 25.0 Å². The van der Waals surface area contributed by atoms with Crippen LogP contribution in [0.4, 0.5) is 4.39 Å². The summed E-state index contributed by atoms with van der Waals surface area (Å²) in [6, 6.07) is 5.20. The first kappa shape index (κ1) is 8.98. The normalized spacial score (nSPS) is 10.9. The Hall–Kier alpha value is -1.11. The molecule has 0 bridgehead atoms. The molecule has 0 aliphatic heterocycles. The number of allylic oxidation sites excluding steroid dienone is 1. The molecule has 0 atom stereocenters. The van der Waals surface area contributed by atoms with Crippen molar-refractivity contribution < 1.29 is 4.39 Å². The first-order valence-corrected chi connectivity index (χ1v) is 4.19. The van der Waals surface area contributed by atoms with E-state index in [2.05, 4.69) is 0 Å². The molecule has 0 saturated carbocycles. The zero-order chi connectivity index (χ0) is 8.97. The number of hydrogen-bond donors (Lipinski definition) is 0. The SMILES string of the molecule is C/C=C\c1c(F)cccc1CC. The van der Waals surface area contributed by atoms with Gasteiger partial charge in [0, 0.05) is 5.56 Å². The van der Waals surface area contributed by atoms with Crippen molar-refractivity contribution in [2.45, 2.75) is 20.3 Å². The van der Waals surface area contributed by atoms with Gasteiger partial charge >= 0.3 is 0 Å². The highest BCUT2D eigenvalue weighted by molar-refractivity contribution is 5.54. The van der Waals surface area contributed by atoms with E-state index in [9.17, 15) is 4.39 Å². The lowest BCUT2D eigenvalue weighted by atomic mass is 10.0. The molecule has 0 heterocycles. The summed E-state index contributed by atoms with van der Waals surface area (Å²) < 4.78 is 13.2. The summed E-state index contributed by atoms with van der Waals surface area (Å²) in [7, 11) is 0. The fraction of sp³-hybridized carbons (Fsp3) is 0.273. The number of aryl methyl sites for hydroxylation is 1. The number of rotatable bonds is 2. The highest BCUT2D eigenvalue weighted by Crippen LogP contribution is 2.15. The predicted molar refractivity (Wildman–Crippen MR) is 50.5 cm³/mol. The Kier molecular flexibility index (Phi) is 3.03. The quantitative estimate of drug-likeness (QED) is 0.628. The second-order valence-electron chi connectivity index (χ2n) is 2.67. The smallest absolute Gasteiger partial charge is 0.130 e. The summed E-state index contributed by atoms with van der Waals surface area (Å²) in [4.78, 5) is 0. The van der Waals surface area contributed by atoms with Crippen LogP contribution in [0, 0.1) is 5.82 Å². The average Bonchev–Trinajstić information content (AvgIpc) is 2.09. The standard InChI is InChI=1S/C11H13F/c1-3-6-10-9(4-2)7-5-8-11(10)12/h3,5-8H,4H2,1-2H3/b6-3-. The maximum atomic E-state index is 13.2. The van der Waals surface area contributed by atoms with Crippen LogP contribution in [0.25, 0.3) is 6.08 Å². The maximum Gasteiger partial charge on any atom is 0.130 e. The predicted octanol–water partition coefficient (Wildman–Crippen LogP) is 3.42. The van der Waals surface area contributed by atoms with Gasteiger partial charge in [-0.2, -0.15) is 0 Å². The Balaban J connectivity index is 3.19. The minimum Gasteiger partial charge on any atom is -0.206 e. The Morgan fingerprint density at radius 3 is 2.75 bits per heavy atom. The van der Waals surface area contributed by atoms with E-state index in [4.69, 9.17) is 0 Å². The number of hydrogen-bond acceptors (Lipinski definition) is 0. The van der Waals surface area contributed by atoms with Crippen LogP contribution < -0.4 is 0 Å². The molecule has 0 spiro atoms. The van der Waals surface area contributed by atoms with Gasteiger partial charge in [-0.15, -0.1) is 0 Å². The fourth-order valence-electron chi connectivity index (χ4n) is 1.24. The van der Waals surface area contributed by atoms with Gasteiger partial charge in [-0.25, -0.2) is 4.39 Å². The van der Waals surface area contributed by atoms with E-state index in [0.717, 1.165) is 17.5 Å². The van der Waals surface area contributed by atoms with Gasteiger partial charge in [-0.1, -0.05) is 31.2 Å². The lowest BCUT2D eigenvalue weighted by molar-refractivity contribution is 0.622. The van der Waals surface area contributed by atoms with Gasteiger partial charge in [0.1, 0.15) is 5.82 Å². The van der Waals surface area contributed by atoms with Crippen LogP contribution in [0.1, 0.15) is 25.0 Å². The zero-order valence-corrected chi connectivity index (χ0v) is 7.47. The third kappa shape index (κ3) is 1.73. The van der Waals surface area contributed by atoms with Gasteiger partial charge in [-0.3, -0.25) is 0 Å². The van der Waals surface area contributed by atoms with Gasteiger partial charge in [0.05, 0.1) is 0 Å². The molecular weight excluding hydrogens is 151 g/mol. The Labute approximate surface area is 72.7 Å². The van der Waals surface area contributed by atoms with E-state index < -0.39 is 0 Å². The summed E-state index contributed by atoms with van der Waals surface area (Å²) in [5.41, 5.74) is 1.79. The summed E-state index contributed by atoms with van der Waals surface area (Å²) in [5, 5.41) is 0. The second kappa shape index (κ2) is 4.05. The van der Waals surface area contributed by atoms with Crippen LogP contribution >= 0.6 is 0 Å². The second-order valence-corrected chi connectivity index (χ2v) is 2.67. The van der Waals surface area contributed by atoms with Crippen LogP contribution in [0.3, 0.4) is 0 Å². The molecule has 0 fully saturated rings. The van der Waals surface area contributed by atoms with Crippen molar-refractivity contribution in [3.63, 3.8) is 0 Å². The Bertz CT molecular complexity index is 287. The average molecular weight is 164 g/mol. The third-order valence-electron chi connectivity index (χ3n) is 1.86. The summed E-state index contributed by atoms with van der Waals surface area (Å²) in [6.45, 7) is 3.92. The molecule has 64 valence electrons. The molecule has 12 heavy (non-hydrogen) atoms. The lowest BCUT2D eigenvalue weighted by Crippen LogP contribution is -1.89. The molecule has 1 heteroatoms. The molecule has 0 aromatic heterocycles. The van der Waals surface area contributed by atoms with Crippen LogP contribution in [-0.4, -0.2) is 0 Å². The molecule has 0 radical (unpaired) electrons. The number of benzene rings is 1. The van der Waals surface area contributed by atoms with E-state index in [-0.39, 0.29) is 5.82 Å². The first-order chi connectivity index (χ1) is 5.79. The summed E-state index contributed by atoms with van der Waals surface area (Å²) in [5.74, 6) is -0.132. The maximum absolute atomic E-state index is 13.2. The van der Waals surface area contributed by atoms with E-state index in [0.29, 0.717) is 0 Å².